The average Bonchev–Trinajstić information content (AvgIpc) is 3.26. The van der Waals surface area contributed by atoms with E-state index in [4.69, 9.17) is 10.5 Å². The van der Waals surface area contributed by atoms with Crippen LogP contribution in [-0.2, 0) is 11.3 Å². The largest absolute Gasteiger partial charge is 0.383 e. The molecule has 1 heterocycles. The van der Waals surface area contributed by atoms with Gasteiger partial charge in [-0.25, -0.2) is 4.98 Å². The molecular formula is C27H28BrN3O2. The molecule has 170 valence electrons. The van der Waals surface area contributed by atoms with Gasteiger partial charge < -0.3 is 15.8 Å². The maximum atomic E-state index is 12.7. The van der Waals surface area contributed by atoms with Crippen molar-refractivity contribution in [2.45, 2.75) is 44.9 Å². The fourth-order valence-electron chi connectivity index (χ4n) is 4.11. The summed E-state index contributed by atoms with van der Waals surface area (Å²) in [4.78, 5) is 16.8. The zero-order chi connectivity index (χ0) is 23.4. The van der Waals surface area contributed by atoms with Crippen molar-refractivity contribution in [3.8, 4) is 11.1 Å². The maximum absolute atomic E-state index is 12.7. The summed E-state index contributed by atoms with van der Waals surface area (Å²) in [6.45, 7) is 6.51. The first-order chi connectivity index (χ1) is 15.9. The second kappa shape index (κ2) is 10.3. The van der Waals surface area contributed by atoms with Gasteiger partial charge in [0.25, 0.3) is 5.91 Å². The lowest BCUT2D eigenvalue weighted by atomic mass is 10.0. The van der Waals surface area contributed by atoms with Gasteiger partial charge in [-0.05, 0) is 70.4 Å². The van der Waals surface area contributed by atoms with E-state index in [1.807, 2.05) is 6.92 Å². The molecule has 33 heavy (non-hydrogen) atoms. The Morgan fingerprint density at radius 3 is 2.48 bits per heavy atom. The molecule has 3 N–H and O–H groups in total. The average molecular weight is 506 g/mol. The van der Waals surface area contributed by atoms with Crippen LogP contribution in [0.4, 0.5) is 5.82 Å². The topological polar surface area (TPSA) is 77.2 Å². The lowest BCUT2D eigenvalue weighted by Gasteiger charge is -2.22. The van der Waals surface area contributed by atoms with Gasteiger partial charge in [-0.1, -0.05) is 60.7 Å². The van der Waals surface area contributed by atoms with Crippen LogP contribution in [0, 0.1) is 0 Å². The zero-order valence-electron chi connectivity index (χ0n) is 18.7. The molecule has 0 radical (unpaired) electrons. The molecule has 1 aliphatic rings. The molecule has 5 nitrogen and oxygen atoms in total. The number of carbonyl (C=O) groups is 1. The Morgan fingerprint density at radius 2 is 1.82 bits per heavy atom. The molecule has 0 spiro atoms. The van der Waals surface area contributed by atoms with Gasteiger partial charge in [0, 0.05) is 10.7 Å². The molecule has 2 aromatic carbocycles. The fraction of sp³-hybridized carbons (Fsp3) is 0.259. The number of ether oxygens (including phenoxy) is 1. The lowest BCUT2D eigenvalue weighted by Crippen LogP contribution is -2.41. The number of hydrogen-bond acceptors (Lipinski definition) is 4. The van der Waals surface area contributed by atoms with E-state index in [0.29, 0.717) is 12.2 Å². The van der Waals surface area contributed by atoms with E-state index in [0.717, 1.165) is 40.4 Å². The molecule has 1 aromatic heterocycles. The predicted molar refractivity (Wildman–Crippen MR) is 137 cm³/mol. The highest BCUT2D eigenvalue weighted by Crippen LogP contribution is 2.26. The van der Waals surface area contributed by atoms with Crippen LogP contribution < -0.4 is 11.1 Å². The molecule has 1 amide bonds. The molecule has 1 fully saturated rings. The standard InChI is InChI=1S/C27H28BrN3O2/c1-17(2)19-10-12-21(13-11-19)20-8-6-18(7-9-20)16-33-25-5-3-4-24(25)31-27(32)23-14-22(28)15-30-26(23)29/h6-15,24-25H,1,3-5,16H2,2H3,(H2,29,30)(H,31,32)/t24-,25?/m0/s1. The number of nitrogens with two attached hydrogens (primary N) is 1. The molecule has 1 aliphatic carbocycles. The monoisotopic (exact) mass is 505 g/mol. The number of allylic oxidation sites excluding steroid dienone is 1. The highest BCUT2D eigenvalue weighted by atomic mass is 79.9. The molecule has 2 atom stereocenters. The van der Waals surface area contributed by atoms with Gasteiger partial charge in [-0.3, -0.25) is 4.79 Å². The van der Waals surface area contributed by atoms with Crippen LogP contribution in [0.25, 0.3) is 16.7 Å². The van der Waals surface area contributed by atoms with E-state index < -0.39 is 0 Å². The lowest BCUT2D eigenvalue weighted by molar-refractivity contribution is 0.0272. The number of anilines is 1. The number of nitrogen functional groups attached to an aromatic ring is 1. The van der Waals surface area contributed by atoms with Crippen molar-refractivity contribution in [2.24, 2.45) is 0 Å². The first-order valence-corrected chi connectivity index (χ1v) is 11.9. The van der Waals surface area contributed by atoms with Crippen molar-refractivity contribution in [1.82, 2.24) is 10.3 Å². The molecule has 0 aliphatic heterocycles. The highest BCUT2D eigenvalue weighted by Gasteiger charge is 2.30. The normalized spacial score (nSPS) is 17.6. The number of rotatable bonds is 7. The van der Waals surface area contributed by atoms with Crippen LogP contribution in [0.5, 0.6) is 0 Å². The van der Waals surface area contributed by atoms with E-state index in [9.17, 15) is 4.79 Å². The highest BCUT2D eigenvalue weighted by molar-refractivity contribution is 9.10. The van der Waals surface area contributed by atoms with Gasteiger partial charge in [0.1, 0.15) is 5.82 Å². The Kier molecular flexibility index (Phi) is 7.26. The Balaban J connectivity index is 1.34. The number of hydrogen-bond donors (Lipinski definition) is 2. The predicted octanol–water partition coefficient (Wildman–Crippen LogP) is 5.99. The molecule has 0 saturated heterocycles. The number of nitrogens with one attached hydrogen (secondary N) is 1. The van der Waals surface area contributed by atoms with Crippen LogP contribution in [0.3, 0.4) is 0 Å². The number of carbonyl (C=O) groups excluding carboxylic acids is 1. The Labute approximate surface area is 203 Å². The third-order valence-electron chi connectivity index (χ3n) is 6.03. The van der Waals surface area contributed by atoms with Gasteiger partial charge in [-0.2, -0.15) is 0 Å². The molecule has 0 bridgehead atoms. The summed E-state index contributed by atoms with van der Waals surface area (Å²) >= 11 is 3.34. The van der Waals surface area contributed by atoms with Gasteiger partial charge in [0.15, 0.2) is 0 Å². The van der Waals surface area contributed by atoms with Crippen LogP contribution in [0.1, 0.15) is 47.7 Å². The number of halogens is 1. The smallest absolute Gasteiger partial charge is 0.255 e. The van der Waals surface area contributed by atoms with Crippen molar-refractivity contribution in [3.63, 3.8) is 0 Å². The first kappa shape index (κ1) is 23.2. The van der Waals surface area contributed by atoms with Crippen LogP contribution in [-0.4, -0.2) is 23.0 Å². The number of amides is 1. The third kappa shape index (κ3) is 5.70. The Hall–Kier alpha value is -2.96. The van der Waals surface area contributed by atoms with Crippen molar-refractivity contribution >= 4 is 33.2 Å². The molecular weight excluding hydrogens is 478 g/mol. The van der Waals surface area contributed by atoms with Gasteiger partial charge in [-0.15, -0.1) is 0 Å². The van der Waals surface area contributed by atoms with Crippen molar-refractivity contribution in [1.29, 1.82) is 0 Å². The van der Waals surface area contributed by atoms with E-state index >= 15 is 0 Å². The Bertz CT molecular complexity index is 1140. The number of nitrogens with zero attached hydrogens (tertiary/aromatic N) is 1. The summed E-state index contributed by atoms with van der Waals surface area (Å²) in [6.07, 6.45) is 4.38. The van der Waals surface area contributed by atoms with Crippen LogP contribution in [0.2, 0.25) is 0 Å². The van der Waals surface area contributed by atoms with Crippen LogP contribution >= 0.6 is 15.9 Å². The summed E-state index contributed by atoms with van der Waals surface area (Å²) in [5, 5.41) is 3.08. The second-order valence-electron chi connectivity index (χ2n) is 8.50. The third-order valence-corrected chi connectivity index (χ3v) is 6.46. The molecule has 4 rings (SSSR count). The summed E-state index contributed by atoms with van der Waals surface area (Å²) in [5.74, 6) is 0.00402. The van der Waals surface area contributed by atoms with Crippen LogP contribution in [0.15, 0.2) is 71.8 Å². The summed E-state index contributed by atoms with van der Waals surface area (Å²) in [6, 6.07) is 18.5. The molecule has 6 heteroatoms. The van der Waals surface area contributed by atoms with Gasteiger partial charge >= 0.3 is 0 Å². The number of pyridine rings is 1. The zero-order valence-corrected chi connectivity index (χ0v) is 20.3. The van der Waals surface area contributed by atoms with Gasteiger partial charge in [0.2, 0.25) is 0 Å². The SMILES string of the molecule is C=C(C)c1ccc(-c2ccc(COC3CCC[C@@H]3NC(=O)c3cc(Br)cnc3N)cc2)cc1. The number of benzene rings is 2. The van der Waals surface area contributed by atoms with Gasteiger partial charge in [0.05, 0.1) is 24.3 Å². The maximum Gasteiger partial charge on any atom is 0.255 e. The minimum atomic E-state index is -0.219. The van der Waals surface area contributed by atoms with E-state index in [1.165, 1.54) is 11.1 Å². The minimum absolute atomic E-state index is 0.0235. The van der Waals surface area contributed by atoms with E-state index in [1.54, 1.807) is 12.3 Å². The van der Waals surface area contributed by atoms with Crippen molar-refractivity contribution in [2.75, 3.05) is 5.73 Å². The van der Waals surface area contributed by atoms with Crippen molar-refractivity contribution in [3.05, 3.63) is 88.5 Å². The number of aromatic nitrogens is 1. The Morgan fingerprint density at radius 1 is 1.15 bits per heavy atom. The molecule has 1 unspecified atom stereocenters. The summed E-state index contributed by atoms with van der Waals surface area (Å²) in [7, 11) is 0. The summed E-state index contributed by atoms with van der Waals surface area (Å²) in [5.41, 5.74) is 11.9. The van der Waals surface area contributed by atoms with E-state index in [-0.39, 0.29) is 23.9 Å². The van der Waals surface area contributed by atoms with Crippen molar-refractivity contribution < 1.29 is 9.53 Å². The molecule has 3 aromatic rings. The fourth-order valence-corrected chi connectivity index (χ4v) is 4.44. The first-order valence-electron chi connectivity index (χ1n) is 11.1. The summed E-state index contributed by atoms with van der Waals surface area (Å²) < 4.78 is 6.92. The molecule has 1 saturated carbocycles. The second-order valence-corrected chi connectivity index (χ2v) is 9.42. The minimum Gasteiger partial charge on any atom is -0.383 e. The quantitative estimate of drug-likeness (QED) is 0.413. The van der Waals surface area contributed by atoms with E-state index in [2.05, 4.69) is 81.3 Å².